The summed E-state index contributed by atoms with van der Waals surface area (Å²) >= 11 is 0. The van der Waals surface area contributed by atoms with Crippen molar-refractivity contribution in [2.24, 2.45) is 5.90 Å². The molecule has 0 radical (unpaired) electrons. The highest BCUT2D eigenvalue weighted by atomic mass is 32.2. The van der Waals surface area contributed by atoms with Crippen LogP contribution in [-0.2, 0) is 21.3 Å². The lowest BCUT2D eigenvalue weighted by Crippen LogP contribution is -2.06. The molecule has 0 amide bonds. The van der Waals surface area contributed by atoms with E-state index < -0.39 is 28.1 Å². The molecule has 0 aromatic heterocycles. The molecule has 0 unspecified atom stereocenters. The van der Waals surface area contributed by atoms with E-state index in [9.17, 15) is 17.2 Å². The quantitative estimate of drug-likeness (QED) is 0.622. The van der Waals surface area contributed by atoms with E-state index in [-0.39, 0.29) is 10.5 Å². The lowest BCUT2D eigenvalue weighted by molar-refractivity contribution is 0.121. The third kappa shape index (κ3) is 2.71. The van der Waals surface area contributed by atoms with Gasteiger partial charge in [0.2, 0.25) is 0 Å². The molecule has 7 heteroatoms. The smallest absolute Gasteiger partial charge is 0.175 e. The van der Waals surface area contributed by atoms with Crippen LogP contribution < -0.4 is 5.90 Å². The summed E-state index contributed by atoms with van der Waals surface area (Å²) in [6.45, 7) is -0.397. The van der Waals surface area contributed by atoms with Crippen molar-refractivity contribution < 1.29 is 22.0 Å². The van der Waals surface area contributed by atoms with Gasteiger partial charge >= 0.3 is 0 Å². The lowest BCUT2D eigenvalue weighted by Gasteiger charge is -2.05. The zero-order valence-electron chi connectivity index (χ0n) is 7.83. The van der Waals surface area contributed by atoms with E-state index >= 15 is 0 Å². The van der Waals surface area contributed by atoms with Crippen molar-refractivity contribution in [1.29, 1.82) is 0 Å². The van der Waals surface area contributed by atoms with Crippen LogP contribution in [0.4, 0.5) is 8.78 Å². The van der Waals surface area contributed by atoms with Gasteiger partial charge in [-0.1, -0.05) is 0 Å². The van der Waals surface area contributed by atoms with Gasteiger partial charge in [0, 0.05) is 11.8 Å². The molecule has 0 saturated carbocycles. The fraction of sp³-hybridized carbons (Fsp3) is 0.250. The molecule has 1 aromatic rings. The van der Waals surface area contributed by atoms with Crippen LogP contribution in [0.3, 0.4) is 0 Å². The average molecular weight is 237 g/mol. The van der Waals surface area contributed by atoms with Crippen LogP contribution >= 0.6 is 0 Å². The molecule has 0 heterocycles. The molecule has 0 spiro atoms. The summed E-state index contributed by atoms with van der Waals surface area (Å²) in [5.74, 6) is 2.30. The Morgan fingerprint density at radius 3 is 2.47 bits per heavy atom. The van der Waals surface area contributed by atoms with Gasteiger partial charge in [-0.25, -0.2) is 23.1 Å². The van der Waals surface area contributed by atoms with Gasteiger partial charge in [-0.3, -0.25) is 4.84 Å². The van der Waals surface area contributed by atoms with Gasteiger partial charge in [-0.05, 0) is 12.1 Å². The predicted octanol–water partition coefficient (Wildman–Crippen LogP) is 0.759. The molecule has 0 atom stereocenters. The van der Waals surface area contributed by atoms with Crippen LogP contribution in [0.25, 0.3) is 0 Å². The van der Waals surface area contributed by atoms with E-state index in [1.54, 1.807) is 0 Å². The second-order valence-electron chi connectivity index (χ2n) is 2.96. The second kappa shape index (κ2) is 4.21. The number of sulfone groups is 1. The maximum atomic E-state index is 13.1. The van der Waals surface area contributed by atoms with Crippen LogP contribution in [0, 0.1) is 11.6 Å². The first-order valence-corrected chi connectivity index (χ1v) is 5.75. The molecule has 84 valence electrons. The maximum absolute atomic E-state index is 13.1. The fourth-order valence-electron chi connectivity index (χ4n) is 1.03. The van der Waals surface area contributed by atoms with Gasteiger partial charge < -0.3 is 0 Å². The zero-order chi connectivity index (χ0) is 11.6. The van der Waals surface area contributed by atoms with Crippen molar-refractivity contribution in [1.82, 2.24) is 0 Å². The number of nitrogens with two attached hydrogens (primary N) is 1. The summed E-state index contributed by atoms with van der Waals surface area (Å²) in [7, 11) is -3.59. The molecule has 1 rings (SSSR count). The molecule has 2 N–H and O–H groups in total. The molecule has 4 nitrogen and oxygen atoms in total. The summed E-state index contributed by atoms with van der Waals surface area (Å²) in [4.78, 5) is 3.82. The molecule has 0 aliphatic heterocycles. The minimum atomic E-state index is -3.59. The molecule has 0 aliphatic rings. The van der Waals surface area contributed by atoms with E-state index in [1.165, 1.54) is 0 Å². The van der Waals surface area contributed by atoms with Gasteiger partial charge in [0.15, 0.2) is 21.5 Å². The molecule has 0 bridgehead atoms. The van der Waals surface area contributed by atoms with E-state index in [2.05, 4.69) is 4.84 Å². The van der Waals surface area contributed by atoms with Crippen molar-refractivity contribution in [3.05, 3.63) is 29.3 Å². The molecule has 15 heavy (non-hydrogen) atoms. The van der Waals surface area contributed by atoms with Gasteiger partial charge in [0.25, 0.3) is 0 Å². The third-order valence-electron chi connectivity index (χ3n) is 1.74. The first-order valence-electron chi connectivity index (χ1n) is 3.86. The highest BCUT2D eigenvalue weighted by Crippen LogP contribution is 2.19. The van der Waals surface area contributed by atoms with Gasteiger partial charge in [-0.2, -0.15) is 0 Å². The maximum Gasteiger partial charge on any atom is 0.175 e. The standard InChI is InChI=1S/C8H9F2NO3S/c1-15(12,13)6-2-5(4-14-11)8(10)7(9)3-6/h2-3H,4,11H2,1H3. The van der Waals surface area contributed by atoms with Gasteiger partial charge in [0.05, 0.1) is 11.5 Å². The van der Waals surface area contributed by atoms with Crippen molar-refractivity contribution in [2.45, 2.75) is 11.5 Å². The summed E-state index contributed by atoms with van der Waals surface area (Å²) in [6, 6.07) is 1.60. The Kier molecular flexibility index (Phi) is 3.38. The zero-order valence-corrected chi connectivity index (χ0v) is 8.64. The van der Waals surface area contributed by atoms with Gasteiger partial charge in [-0.15, -0.1) is 0 Å². The Balaban J connectivity index is 3.36. The van der Waals surface area contributed by atoms with E-state index in [1.807, 2.05) is 0 Å². The van der Waals surface area contributed by atoms with Crippen molar-refractivity contribution in [2.75, 3.05) is 6.26 Å². The first kappa shape index (κ1) is 12.0. The minimum Gasteiger partial charge on any atom is -0.300 e. The number of hydrogen-bond acceptors (Lipinski definition) is 4. The first-order chi connectivity index (χ1) is 6.86. The second-order valence-corrected chi connectivity index (χ2v) is 4.98. The number of hydrogen-bond donors (Lipinski definition) is 1. The number of rotatable bonds is 3. The van der Waals surface area contributed by atoms with Crippen molar-refractivity contribution >= 4 is 9.84 Å². The molecular weight excluding hydrogens is 228 g/mol. The topological polar surface area (TPSA) is 69.4 Å². The Hall–Kier alpha value is -1.05. The van der Waals surface area contributed by atoms with E-state index in [4.69, 9.17) is 5.90 Å². The largest absolute Gasteiger partial charge is 0.300 e. The molecule has 0 aliphatic carbocycles. The van der Waals surface area contributed by atoms with Gasteiger partial charge in [0.1, 0.15) is 0 Å². The monoisotopic (exact) mass is 237 g/mol. The van der Waals surface area contributed by atoms with Crippen LogP contribution in [-0.4, -0.2) is 14.7 Å². The fourth-order valence-corrected chi connectivity index (χ4v) is 1.70. The van der Waals surface area contributed by atoms with E-state index in [0.29, 0.717) is 6.07 Å². The lowest BCUT2D eigenvalue weighted by atomic mass is 10.2. The summed E-state index contributed by atoms with van der Waals surface area (Å²) in [5, 5.41) is 0. The third-order valence-corrected chi connectivity index (χ3v) is 2.84. The SMILES string of the molecule is CS(=O)(=O)c1cc(F)c(F)c(CON)c1. The summed E-state index contributed by atoms with van der Waals surface area (Å²) < 4.78 is 48.2. The summed E-state index contributed by atoms with van der Waals surface area (Å²) in [5.41, 5.74) is -0.238. The Morgan fingerprint density at radius 1 is 1.40 bits per heavy atom. The van der Waals surface area contributed by atoms with Crippen LogP contribution in [0.2, 0.25) is 0 Å². The molecule has 0 fully saturated rings. The molecule has 1 aromatic carbocycles. The normalized spacial score (nSPS) is 11.7. The Bertz CT molecular complexity index is 473. The summed E-state index contributed by atoms with van der Waals surface area (Å²) in [6.07, 6.45) is 0.896. The Labute approximate surface area is 85.5 Å². The molecule has 0 saturated heterocycles. The number of benzene rings is 1. The molecular formula is C8H9F2NO3S. The van der Waals surface area contributed by atoms with Crippen LogP contribution in [0.1, 0.15) is 5.56 Å². The highest BCUT2D eigenvalue weighted by molar-refractivity contribution is 7.90. The van der Waals surface area contributed by atoms with Crippen LogP contribution in [0.15, 0.2) is 17.0 Å². The van der Waals surface area contributed by atoms with E-state index in [0.717, 1.165) is 12.3 Å². The van der Waals surface area contributed by atoms with Crippen molar-refractivity contribution in [3.63, 3.8) is 0 Å². The van der Waals surface area contributed by atoms with Crippen molar-refractivity contribution in [3.8, 4) is 0 Å². The number of halogens is 2. The Morgan fingerprint density at radius 2 is 2.00 bits per heavy atom. The average Bonchev–Trinajstić information content (AvgIpc) is 2.11. The predicted molar refractivity (Wildman–Crippen MR) is 48.4 cm³/mol. The highest BCUT2D eigenvalue weighted by Gasteiger charge is 2.16. The van der Waals surface area contributed by atoms with Crippen LogP contribution in [0.5, 0.6) is 0 Å². The minimum absolute atomic E-state index is 0.238.